The van der Waals surface area contributed by atoms with Crippen LogP contribution in [0, 0.1) is 5.41 Å². The minimum atomic E-state index is 0.440. The molecule has 0 aromatic heterocycles. The van der Waals surface area contributed by atoms with Crippen molar-refractivity contribution >= 4 is 30.3 Å². The van der Waals surface area contributed by atoms with Crippen molar-refractivity contribution in [2.45, 2.75) is 32.7 Å². The SMILES string of the molecule is COc1ccc(CC2CC(C)(C)CN2SI)cc1. The van der Waals surface area contributed by atoms with Crippen molar-refractivity contribution in [3.63, 3.8) is 0 Å². The maximum atomic E-state index is 5.20. The van der Waals surface area contributed by atoms with Gasteiger partial charge in [-0.1, -0.05) is 26.0 Å². The van der Waals surface area contributed by atoms with Gasteiger partial charge in [-0.3, -0.25) is 0 Å². The summed E-state index contributed by atoms with van der Waals surface area (Å²) in [4.78, 5) is 0. The van der Waals surface area contributed by atoms with Crippen molar-refractivity contribution in [3.05, 3.63) is 29.8 Å². The first-order valence-corrected chi connectivity index (χ1v) is 9.54. The molecule has 0 bridgehead atoms. The monoisotopic (exact) mass is 377 g/mol. The molecule has 0 N–H and O–H groups in total. The third-order valence-electron chi connectivity index (χ3n) is 3.50. The molecule has 1 aromatic carbocycles. The fourth-order valence-electron chi connectivity index (χ4n) is 2.64. The lowest BCUT2D eigenvalue weighted by Gasteiger charge is -2.20. The summed E-state index contributed by atoms with van der Waals surface area (Å²) in [7, 11) is 3.56. The van der Waals surface area contributed by atoms with Gasteiger partial charge in [-0.2, -0.15) is 0 Å². The second kappa shape index (κ2) is 6.01. The Bertz CT molecular complexity index is 393. The van der Waals surface area contributed by atoms with Crippen molar-refractivity contribution in [2.24, 2.45) is 5.41 Å². The topological polar surface area (TPSA) is 12.5 Å². The van der Waals surface area contributed by atoms with E-state index in [1.807, 2.05) is 9.12 Å². The third-order valence-corrected chi connectivity index (χ3v) is 5.62. The Labute approximate surface area is 126 Å². The molecule has 0 aliphatic carbocycles. The minimum absolute atomic E-state index is 0.440. The van der Waals surface area contributed by atoms with E-state index >= 15 is 0 Å². The number of nitrogens with zero attached hydrogens (tertiary/aromatic N) is 1. The van der Waals surface area contributed by atoms with Crippen LogP contribution in [0.15, 0.2) is 24.3 Å². The van der Waals surface area contributed by atoms with E-state index in [1.54, 1.807) is 7.11 Å². The maximum Gasteiger partial charge on any atom is 0.118 e. The molecule has 1 fully saturated rings. The zero-order chi connectivity index (χ0) is 13.2. The zero-order valence-corrected chi connectivity index (χ0v) is 14.1. The molecule has 1 unspecified atom stereocenters. The highest BCUT2D eigenvalue weighted by Gasteiger charge is 2.37. The van der Waals surface area contributed by atoms with Crippen LogP contribution in [-0.4, -0.2) is 24.0 Å². The lowest BCUT2D eigenvalue weighted by molar-refractivity contribution is 0.390. The number of methoxy groups -OCH3 is 1. The van der Waals surface area contributed by atoms with Crippen molar-refractivity contribution in [1.29, 1.82) is 0 Å². The molecule has 2 rings (SSSR count). The summed E-state index contributed by atoms with van der Waals surface area (Å²) in [5, 5.41) is 0. The summed E-state index contributed by atoms with van der Waals surface area (Å²) in [5.41, 5.74) is 1.84. The Hall–Kier alpha value is 0.0600. The Balaban J connectivity index is 2.03. The number of ether oxygens (including phenoxy) is 1. The number of hydrogen-bond donors (Lipinski definition) is 0. The number of benzene rings is 1. The first-order valence-electron chi connectivity index (χ1n) is 6.22. The van der Waals surface area contributed by atoms with Crippen LogP contribution < -0.4 is 4.74 Å². The molecule has 1 aliphatic rings. The molecule has 1 saturated heterocycles. The van der Waals surface area contributed by atoms with Gasteiger partial charge in [0.15, 0.2) is 0 Å². The first kappa shape index (κ1) is 14.5. The van der Waals surface area contributed by atoms with Crippen LogP contribution in [0.4, 0.5) is 0 Å². The van der Waals surface area contributed by atoms with Gasteiger partial charge in [0.1, 0.15) is 5.75 Å². The molecule has 0 spiro atoms. The van der Waals surface area contributed by atoms with Gasteiger partial charge < -0.3 is 4.74 Å². The zero-order valence-electron chi connectivity index (χ0n) is 11.1. The molecule has 0 amide bonds. The fourth-order valence-corrected chi connectivity index (χ4v) is 4.69. The summed E-state index contributed by atoms with van der Waals surface area (Å²) in [6.07, 6.45) is 2.40. The predicted molar refractivity (Wildman–Crippen MR) is 87.2 cm³/mol. The average molecular weight is 377 g/mol. The largest absolute Gasteiger partial charge is 0.497 e. The standard InChI is InChI=1S/C14H20INOS/c1-14(2)9-12(16(10-14)18-15)8-11-4-6-13(17-3)7-5-11/h4-7,12H,8-10H2,1-3H3. The van der Waals surface area contributed by atoms with E-state index in [9.17, 15) is 0 Å². The molecular formula is C14H20INOS. The second-order valence-electron chi connectivity index (χ2n) is 5.72. The van der Waals surface area contributed by atoms with Crippen LogP contribution in [0.3, 0.4) is 0 Å². The molecular weight excluding hydrogens is 357 g/mol. The van der Waals surface area contributed by atoms with Crippen molar-refractivity contribution in [2.75, 3.05) is 13.7 Å². The average Bonchev–Trinajstić information content (AvgIpc) is 2.65. The van der Waals surface area contributed by atoms with Gasteiger partial charge in [0.05, 0.1) is 7.11 Å². The van der Waals surface area contributed by atoms with Crippen LogP contribution in [0.2, 0.25) is 0 Å². The van der Waals surface area contributed by atoms with Crippen LogP contribution in [0.1, 0.15) is 25.8 Å². The van der Waals surface area contributed by atoms with Gasteiger partial charge in [0, 0.05) is 33.8 Å². The van der Waals surface area contributed by atoms with E-state index in [4.69, 9.17) is 4.74 Å². The molecule has 18 heavy (non-hydrogen) atoms. The van der Waals surface area contributed by atoms with E-state index in [2.05, 4.69) is 63.6 Å². The summed E-state index contributed by atoms with van der Waals surface area (Å²) < 4.78 is 7.72. The highest BCUT2D eigenvalue weighted by Crippen LogP contribution is 2.41. The molecule has 1 heterocycles. The lowest BCUT2D eigenvalue weighted by Crippen LogP contribution is -2.23. The van der Waals surface area contributed by atoms with E-state index in [1.165, 1.54) is 18.5 Å². The van der Waals surface area contributed by atoms with Gasteiger partial charge in [-0.15, -0.1) is 0 Å². The Morgan fingerprint density at radius 1 is 1.39 bits per heavy atom. The quantitative estimate of drug-likeness (QED) is 0.572. The fraction of sp³-hybridized carbons (Fsp3) is 0.571. The van der Waals surface area contributed by atoms with Gasteiger partial charge in [-0.25, -0.2) is 4.31 Å². The van der Waals surface area contributed by atoms with Crippen molar-refractivity contribution in [1.82, 2.24) is 4.31 Å². The summed E-state index contributed by atoms with van der Waals surface area (Å²) >= 11 is 2.40. The molecule has 1 aliphatic heterocycles. The second-order valence-corrected chi connectivity index (χ2v) is 7.51. The first-order chi connectivity index (χ1) is 8.54. The molecule has 4 heteroatoms. The minimum Gasteiger partial charge on any atom is -0.497 e. The van der Waals surface area contributed by atoms with E-state index in [0.29, 0.717) is 11.5 Å². The third kappa shape index (κ3) is 3.54. The molecule has 1 aromatic rings. The van der Waals surface area contributed by atoms with Crippen LogP contribution in [0.5, 0.6) is 5.75 Å². The normalized spacial score (nSPS) is 23.2. The smallest absolute Gasteiger partial charge is 0.118 e. The highest BCUT2D eigenvalue weighted by molar-refractivity contribution is 14.2. The van der Waals surface area contributed by atoms with E-state index < -0.39 is 0 Å². The number of hydrogen-bond acceptors (Lipinski definition) is 3. The Morgan fingerprint density at radius 3 is 2.61 bits per heavy atom. The molecule has 0 radical (unpaired) electrons. The maximum absolute atomic E-state index is 5.20. The van der Waals surface area contributed by atoms with Crippen LogP contribution in [-0.2, 0) is 6.42 Å². The van der Waals surface area contributed by atoms with Gasteiger partial charge >= 0.3 is 0 Å². The Kier molecular flexibility index (Phi) is 4.83. The van der Waals surface area contributed by atoms with E-state index in [0.717, 1.165) is 12.2 Å². The van der Waals surface area contributed by atoms with Crippen molar-refractivity contribution < 1.29 is 4.74 Å². The van der Waals surface area contributed by atoms with Gasteiger partial charge in [0.25, 0.3) is 0 Å². The van der Waals surface area contributed by atoms with Crippen molar-refractivity contribution in [3.8, 4) is 5.75 Å². The van der Waals surface area contributed by atoms with Crippen LogP contribution in [0.25, 0.3) is 0 Å². The summed E-state index contributed by atoms with van der Waals surface area (Å²) in [6, 6.07) is 9.12. The molecule has 1 atom stereocenters. The van der Waals surface area contributed by atoms with E-state index in [-0.39, 0.29) is 0 Å². The highest BCUT2D eigenvalue weighted by atomic mass is 127. The van der Waals surface area contributed by atoms with Crippen LogP contribution >= 0.6 is 30.3 Å². The Morgan fingerprint density at radius 2 is 2.06 bits per heavy atom. The molecule has 2 nitrogen and oxygen atoms in total. The lowest BCUT2D eigenvalue weighted by atomic mass is 9.89. The number of halogens is 1. The summed E-state index contributed by atoms with van der Waals surface area (Å²) in [5.74, 6) is 0.936. The van der Waals surface area contributed by atoms with Gasteiger partial charge in [0.2, 0.25) is 0 Å². The predicted octanol–water partition coefficient (Wildman–Crippen LogP) is 4.34. The summed E-state index contributed by atoms with van der Waals surface area (Å²) in [6.45, 7) is 5.91. The number of rotatable bonds is 4. The van der Waals surface area contributed by atoms with Gasteiger partial charge in [-0.05, 0) is 45.1 Å². The molecule has 100 valence electrons. The molecule has 0 saturated carbocycles.